The predicted molar refractivity (Wildman–Crippen MR) is 109 cm³/mol. The summed E-state index contributed by atoms with van der Waals surface area (Å²) >= 11 is 0. The first-order chi connectivity index (χ1) is 13.1. The number of aromatic nitrogens is 1. The van der Waals surface area contributed by atoms with E-state index in [0.717, 1.165) is 48.8 Å². The van der Waals surface area contributed by atoms with Crippen LogP contribution in [0.1, 0.15) is 43.2 Å². The van der Waals surface area contributed by atoms with Crippen LogP contribution in [0.2, 0.25) is 0 Å². The molecule has 27 heavy (non-hydrogen) atoms. The lowest BCUT2D eigenvalue weighted by molar-refractivity contribution is -0.135. The lowest BCUT2D eigenvalue weighted by Gasteiger charge is -2.38. The SMILES string of the molecule is C/N=C\c1ccc([C@@H]2C[C@@H](C)CN(C(=O)[C@@H](N)C3CC3)C2)c2cccnc12. The van der Waals surface area contributed by atoms with Crippen LogP contribution in [0.4, 0.5) is 0 Å². The summed E-state index contributed by atoms with van der Waals surface area (Å²) in [6, 6.07) is 8.08. The number of nitrogens with zero attached hydrogens (tertiary/aromatic N) is 3. The van der Waals surface area contributed by atoms with Gasteiger partial charge in [-0.15, -0.1) is 0 Å². The Hall–Kier alpha value is -2.27. The number of amides is 1. The molecule has 0 bridgehead atoms. The molecular weight excluding hydrogens is 336 g/mol. The Labute approximate surface area is 160 Å². The third kappa shape index (κ3) is 3.61. The molecule has 1 aromatic heterocycles. The second-order valence-corrected chi connectivity index (χ2v) is 8.18. The number of carbonyl (C=O) groups is 1. The van der Waals surface area contributed by atoms with E-state index in [2.05, 4.69) is 35.1 Å². The normalized spacial score (nSPS) is 24.5. The molecule has 1 aliphatic heterocycles. The third-order valence-corrected chi connectivity index (χ3v) is 5.93. The first-order valence-corrected chi connectivity index (χ1v) is 9.92. The van der Waals surface area contributed by atoms with Gasteiger partial charge in [0.1, 0.15) is 0 Å². The molecule has 0 radical (unpaired) electrons. The van der Waals surface area contributed by atoms with Crippen molar-refractivity contribution in [3.8, 4) is 0 Å². The summed E-state index contributed by atoms with van der Waals surface area (Å²) in [6.07, 6.45) is 6.95. The number of carbonyl (C=O) groups excluding carboxylic acids is 1. The van der Waals surface area contributed by atoms with Gasteiger partial charge in [-0.1, -0.05) is 25.1 Å². The molecule has 2 aromatic rings. The number of fused-ring (bicyclic) bond motifs is 1. The van der Waals surface area contributed by atoms with E-state index in [1.165, 1.54) is 5.56 Å². The average molecular weight is 364 g/mol. The fourth-order valence-corrected chi connectivity index (χ4v) is 4.44. The quantitative estimate of drug-likeness (QED) is 0.848. The smallest absolute Gasteiger partial charge is 0.239 e. The Morgan fingerprint density at radius 2 is 2.15 bits per heavy atom. The molecule has 0 unspecified atom stereocenters. The molecule has 1 amide bonds. The number of piperidine rings is 1. The number of nitrogens with two attached hydrogens (primary N) is 1. The Morgan fingerprint density at radius 3 is 2.89 bits per heavy atom. The van der Waals surface area contributed by atoms with Crippen molar-refractivity contribution in [3.05, 3.63) is 41.6 Å². The molecule has 2 N–H and O–H groups in total. The first-order valence-electron chi connectivity index (χ1n) is 9.92. The molecule has 1 saturated heterocycles. The van der Waals surface area contributed by atoms with Gasteiger partial charge in [-0.05, 0) is 42.7 Å². The largest absolute Gasteiger partial charge is 0.340 e. The van der Waals surface area contributed by atoms with Crippen molar-refractivity contribution in [1.29, 1.82) is 0 Å². The maximum absolute atomic E-state index is 12.9. The van der Waals surface area contributed by atoms with Crippen LogP contribution in [0.25, 0.3) is 10.9 Å². The molecule has 1 aromatic carbocycles. The number of hydrogen-bond acceptors (Lipinski definition) is 4. The second-order valence-electron chi connectivity index (χ2n) is 8.18. The van der Waals surface area contributed by atoms with Crippen LogP contribution >= 0.6 is 0 Å². The van der Waals surface area contributed by atoms with Gasteiger partial charge in [0, 0.05) is 49.4 Å². The van der Waals surface area contributed by atoms with Crippen LogP contribution in [-0.4, -0.2) is 48.2 Å². The maximum Gasteiger partial charge on any atom is 0.239 e. The van der Waals surface area contributed by atoms with Crippen molar-refractivity contribution >= 4 is 23.0 Å². The lowest BCUT2D eigenvalue weighted by atomic mass is 9.83. The molecule has 2 fully saturated rings. The van der Waals surface area contributed by atoms with Crippen LogP contribution in [0.15, 0.2) is 35.5 Å². The molecule has 2 aliphatic rings. The van der Waals surface area contributed by atoms with Gasteiger partial charge in [0.2, 0.25) is 5.91 Å². The minimum Gasteiger partial charge on any atom is -0.340 e. The van der Waals surface area contributed by atoms with Gasteiger partial charge in [0.15, 0.2) is 0 Å². The zero-order chi connectivity index (χ0) is 19.0. The number of aliphatic imine (C=N–C) groups is 1. The van der Waals surface area contributed by atoms with Crippen molar-refractivity contribution in [3.63, 3.8) is 0 Å². The highest BCUT2D eigenvalue weighted by molar-refractivity contribution is 5.99. The zero-order valence-corrected chi connectivity index (χ0v) is 16.1. The Morgan fingerprint density at radius 1 is 1.33 bits per heavy atom. The van der Waals surface area contributed by atoms with E-state index in [4.69, 9.17) is 5.73 Å². The molecule has 1 aliphatic carbocycles. The summed E-state index contributed by atoms with van der Waals surface area (Å²) in [5, 5.41) is 1.16. The summed E-state index contributed by atoms with van der Waals surface area (Å²) in [5.41, 5.74) is 9.49. The number of rotatable bonds is 4. The van der Waals surface area contributed by atoms with Gasteiger partial charge < -0.3 is 10.6 Å². The minimum atomic E-state index is -0.322. The Kier molecular flexibility index (Phi) is 4.96. The number of hydrogen-bond donors (Lipinski definition) is 1. The van der Waals surface area contributed by atoms with Crippen LogP contribution in [0.3, 0.4) is 0 Å². The summed E-state index contributed by atoms with van der Waals surface area (Å²) in [4.78, 5) is 23.6. The summed E-state index contributed by atoms with van der Waals surface area (Å²) in [5.74, 6) is 1.29. The average Bonchev–Trinajstić information content (AvgIpc) is 3.52. The van der Waals surface area contributed by atoms with Gasteiger partial charge in [-0.25, -0.2) is 0 Å². The first kappa shape index (κ1) is 18.1. The number of likely N-dealkylation sites (tertiary alicyclic amines) is 1. The Bertz CT molecular complexity index is 874. The van der Waals surface area contributed by atoms with Crippen molar-refractivity contribution in [2.75, 3.05) is 20.1 Å². The third-order valence-electron chi connectivity index (χ3n) is 5.93. The molecule has 5 heteroatoms. The Balaban J connectivity index is 1.66. The van der Waals surface area contributed by atoms with Gasteiger partial charge in [-0.3, -0.25) is 14.8 Å². The van der Waals surface area contributed by atoms with Crippen molar-refractivity contribution in [1.82, 2.24) is 9.88 Å². The van der Waals surface area contributed by atoms with Gasteiger partial charge in [-0.2, -0.15) is 0 Å². The van der Waals surface area contributed by atoms with E-state index in [-0.39, 0.29) is 11.9 Å². The zero-order valence-electron chi connectivity index (χ0n) is 16.1. The van der Waals surface area contributed by atoms with Crippen LogP contribution in [0, 0.1) is 11.8 Å². The van der Waals surface area contributed by atoms with Crippen LogP contribution < -0.4 is 5.73 Å². The van der Waals surface area contributed by atoms with E-state index in [1.807, 2.05) is 23.4 Å². The highest BCUT2D eigenvalue weighted by Crippen LogP contribution is 2.37. The molecule has 4 rings (SSSR count). The molecule has 1 saturated carbocycles. The summed E-state index contributed by atoms with van der Waals surface area (Å²) < 4.78 is 0. The highest BCUT2D eigenvalue weighted by atomic mass is 16.2. The van der Waals surface area contributed by atoms with Gasteiger partial charge in [0.25, 0.3) is 0 Å². The standard InChI is InChI=1S/C22H28N4O/c1-14-10-17(13-26(12-14)22(27)20(23)15-5-6-15)18-8-7-16(11-24-2)21-19(18)4-3-9-25-21/h3-4,7-9,11,14-15,17,20H,5-6,10,12-13,23H2,1-2H3/b24-11-/t14-,17-,20+/m1/s1. The molecule has 0 spiro atoms. The number of benzene rings is 1. The van der Waals surface area contributed by atoms with Crippen molar-refractivity contribution in [2.24, 2.45) is 22.6 Å². The monoisotopic (exact) mass is 364 g/mol. The highest BCUT2D eigenvalue weighted by Gasteiger charge is 2.38. The predicted octanol–water partition coefficient (Wildman–Crippen LogP) is 2.97. The van der Waals surface area contributed by atoms with E-state index >= 15 is 0 Å². The topological polar surface area (TPSA) is 71.6 Å². The molecular formula is C22H28N4O. The number of pyridine rings is 1. The van der Waals surface area contributed by atoms with Gasteiger partial charge >= 0.3 is 0 Å². The van der Waals surface area contributed by atoms with Crippen molar-refractivity contribution < 1.29 is 4.79 Å². The second kappa shape index (κ2) is 7.39. The summed E-state index contributed by atoms with van der Waals surface area (Å²) in [7, 11) is 1.78. The molecule has 2 heterocycles. The van der Waals surface area contributed by atoms with E-state index in [1.54, 1.807) is 7.05 Å². The molecule has 5 nitrogen and oxygen atoms in total. The van der Waals surface area contributed by atoms with Crippen LogP contribution in [-0.2, 0) is 4.79 Å². The molecule has 142 valence electrons. The summed E-state index contributed by atoms with van der Waals surface area (Å²) in [6.45, 7) is 3.79. The van der Waals surface area contributed by atoms with Gasteiger partial charge in [0.05, 0.1) is 11.6 Å². The molecule has 3 atom stereocenters. The maximum atomic E-state index is 12.9. The van der Waals surface area contributed by atoms with E-state index < -0.39 is 0 Å². The van der Waals surface area contributed by atoms with Crippen molar-refractivity contribution in [2.45, 2.75) is 38.1 Å². The van der Waals surface area contributed by atoms with E-state index in [9.17, 15) is 4.79 Å². The fourth-order valence-electron chi connectivity index (χ4n) is 4.44. The fraction of sp³-hybridized carbons (Fsp3) is 0.500. The van der Waals surface area contributed by atoms with E-state index in [0.29, 0.717) is 17.8 Å². The van der Waals surface area contributed by atoms with Crippen LogP contribution in [0.5, 0.6) is 0 Å². The lowest BCUT2D eigenvalue weighted by Crippen LogP contribution is -2.50. The minimum absolute atomic E-state index is 0.131.